The highest BCUT2D eigenvalue weighted by Crippen LogP contribution is 2.31. The molecule has 158 valence electrons. The predicted molar refractivity (Wildman–Crippen MR) is 134 cm³/mol. The van der Waals surface area contributed by atoms with E-state index in [0.717, 1.165) is 3.57 Å². The Morgan fingerprint density at radius 2 is 1.44 bits per heavy atom. The topological polar surface area (TPSA) is 101 Å². The summed E-state index contributed by atoms with van der Waals surface area (Å²) in [5.41, 5.74) is 1.99. The molecule has 1 aliphatic carbocycles. The molecule has 2 N–H and O–H groups in total. The maximum atomic E-state index is 13.3. The average Bonchev–Trinajstić information content (AvgIpc) is 2.79. The van der Waals surface area contributed by atoms with Crippen LogP contribution in [0.2, 0.25) is 0 Å². The number of fused-ring (bicyclic) bond motifs is 1. The Bertz CT molecular complexity index is 1300. The monoisotopic (exact) mass is 555 g/mol. The van der Waals surface area contributed by atoms with Gasteiger partial charge in [0.2, 0.25) is 5.78 Å². The third-order valence-corrected chi connectivity index (χ3v) is 5.75. The van der Waals surface area contributed by atoms with Crippen molar-refractivity contribution in [3.8, 4) is 0 Å². The van der Waals surface area contributed by atoms with E-state index < -0.39 is 4.92 Å². The lowest BCUT2D eigenvalue weighted by Crippen LogP contribution is -2.36. The largest absolute Gasteiger partial charge is 0.332 e. The average molecular weight is 555 g/mol. The van der Waals surface area contributed by atoms with Gasteiger partial charge in [-0.15, -0.1) is 0 Å². The van der Waals surface area contributed by atoms with Crippen molar-refractivity contribution in [3.05, 3.63) is 109 Å². The Labute approximate surface area is 201 Å². The highest BCUT2D eigenvalue weighted by molar-refractivity contribution is 14.1. The number of nitro benzene ring substituents is 1. The van der Waals surface area contributed by atoms with Gasteiger partial charge in [-0.25, -0.2) is 0 Å². The number of thiocarbonyl (C=S) groups is 1. The molecule has 0 saturated carbocycles. The third kappa shape index (κ3) is 4.30. The standard InChI is InChI=1S/C23H14IN3O4S/c24-14-7-5-13(6-8-14)19-20(22(29)18-4-2-1-3-17(18)21(19)28)26-23(32)25-15-9-11-16(12-10-15)27(30)31/h1-12H,(H2,25,26,32). The van der Waals surface area contributed by atoms with Crippen molar-refractivity contribution in [3.63, 3.8) is 0 Å². The van der Waals surface area contributed by atoms with Crippen LogP contribution in [0.3, 0.4) is 0 Å². The zero-order valence-electron chi connectivity index (χ0n) is 16.3. The van der Waals surface area contributed by atoms with Crippen LogP contribution in [0.4, 0.5) is 11.4 Å². The second-order valence-corrected chi connectivity index (χ2v) is 8.50. The summed E-state index contributed by atoms with van der Waals surface area (Å²) in [5.74, 6) is -0.622. The van der Waals surface area contributed by atoms with Gasteiger partial charge in [0.15, 0.2) is 10.9 Å². The summed E-state index contributed by atoms with van der Waals surface area (Å²) < 4.78 is 0.992. The molecule has 0 radical (unpaired) electrons. The molecule has 0 unspecified atom stereocenters. The number of nitrogens with zero attached hydrogens (tertiary/aromatic N) is 1. The van der Waals surface area contributed by atoms with Gasteiger partial charge in [0.05, 0.1) is 10.5 Å². The van der Waals surface area contributed by atoms with Crippen LogP contribution in [0.5, 0.6) is 0 Å². The molecule has 9 heteroatoms. The summed E-state index contributed by atoms with van der Waals surface area (Å²) in [6.45, 7) is 0. The molecule has 4 rings (SSSR count). The van der Waals surface area contributed by atoms with Gasteiger partial charge in [-0.2, -0.15) is 0 Å². The number of hydrogen-bond donors (Lipinski definition) is 2. The maximum Gasteiger partial charge on any atom is 0.269 e. The smallest absolute Gasteiger partial charge is 0.269 e. The zero-order valence-corrected chi connectivity index (χ0v) is 19.3. The molecule has 0 aliphatic heterocycles. The molecule has 7 nitrogen and oxygen atoms in total. The Kier molecular flexibility index (Phi) is 6.10. The molecule has 3 aromatic carbocycles. The molecule has 0 bridgehead atoms. The lowest BCUT2D eigenvalue weighted by Gasteiger charge is -2.23. The van der Waals surface area contributed by atoms with Crippen molar-refractivity contribution in [2.24, 2.45) is 0 Å². The van der Waals surface area contributed by atoms with Gasteiger partial charge in [-0.05, 0) is 64.6 Å². The molecule has 0 spiro atoms. The van der Waals surface area contributed by atoms with Gasteiger partial charge in [0.25, 0.3) is 5.69 Å². The number of carbonyl (C=O) groups excluding carboxylic acids is 2. The fourth-order valence-electron chi connectivity index (χ4n) is 3.33. The zero-order chi connectivity index (χ0) is 22.8. The molecule has 0 atom stereocenters. The minimum absolute atomic E-state index is 0.0530. The lowest BCUT2D eigenvalue weighted by molar-refractivity contribution is -0.384. The number of halogens is 1. The van der Waals surface area contributed by atoms with Crippen LogP contribution >= 0.6 is 34.8 Å². The molecule has 0 fully saturated rings. The van der Waals surface area contributed by atoms with Gasteiger partial charge in [-0.1, -0.05) is 36.4 Å². The van der Waals surface area contributed by atoms with E-state index in [1.54, 1.807) is 36.4 Å². The predicted octanol–water partition coefficient (Wildman–Crippen LogP) is 4.98. The van der Waals surface area contributed by atoms with E-state index in [4.69, 9.17) is 12.2 Å². The first-order chi connectivity index (χ1) is 15.3. The fourth-order valence-corrected chi connectivity index (χ4v) is 3.91. The van der Waals surface area contributed by atoms with Crippen LogP contribution in [0.1, 0.15) is 26.3 Å². The number of carbonyl (C=O) groups is 2. The Morgan fingerprint density at radius 1 is 0.844 bits per heavy atom. The quantitative estimate of drug-likeness (QED) is 0.203. The van der Waals surface area contributed by atoms with E-state index in [2.05, 4.69) is 33.2 Å². The van der Waals surface area contributed by atoms with Gasteiger partial charge >= 0.3 is 0 Å². The van der Waals surface area contributed by atoms with Gasteiger partial charge < -0.3 is 10.6 Å². The summed E-state index contributed by atoms with van der Waals surface area (Å²) in [6.07, 6.45) is 0. The van der Waals surface area contributed by atoms with Gasteiger partial charge in [-0.3, -0.25) is 19.7 Å². The highest BCUT2D eigenvalue weighted by atomic mass is 127. The van der Waals surface area contributed by atoms with E-state index in [-0.39, 0.29) is 33.6 Å². The number of benzene rings is 3. The Hall–Kier alpha value is -3.44. The molecular formula is C23H14IN3O4S. The number of allylic oxidation sites excluding steroid dienone is 2. The van der Waals surface area contributed by atoms with E-state index in [0.29, 0.717) is 22.4 Å². The highest BCUT2D eigenvalue weighted by Gasteiger charge is 2.33. The number of Topliss-reactive ketones (excluding diaryl/α,β-unsaturated/α-hetero) is 2. The number of ketones is 2. The van der Waals surface area contributed by atoms with Crippen LogP contribution < -0.4 is 10.6 Å². The lowest BCUT2D eigenvalue weighted by atomic mass is 9.84. The number of nitro groups is 1. The van der Waals surface area contributed by atoms with Crippen molar-refractivity contribution in [2.75, 3.05) is 5.32 Å². The molecule has 32 heavy (non-hydrogen) atoms. The van der Waals surface area contributed by atoms with Gasteiger partial charge in [0.1, 0.15) is 5.70 Å². The van der Waals surface area contributed by atoms with Crippen LogP contribution in [-0.2, 0) is 0 Å². The van der Waals surface area contributed by atoms with Crippen molar-refractivity contribution in [1.82, 2.24) is 5.32 Å². The summed E-state index contributed by atoms with van der Waals surface area (Å²) in [7, 11) is 0. The number of anilines is 1. The summed E-state index contributed by atoms with van der Waals surface area (Å²) >= 11 is 7.52. The normalized spacial score (nSPS) is 12.9. The Morgan fingerprint density at radius 3 is 2.03 bits per heavy atom. The van der Waals surface area contributed by atoms with Gasteiger partial charge in [0, 0.05) is 32.5 Å². The molecule has 0 heterocycles. The Balaban J connectivity index is 1.70. The maximum absolute atomic E-state index is 13.3. The van der Waals surface area contributed by atoms with E-state index in [9.17, 15) is 19.7 Å². The summed E-state index contributed by atoms with van der Waals surface area (Å²) in [4.78, 5) is 36.9. The minimum Gasteiger partial charge on any atom is -0.332 e. The summed E-state index contributed by atoms with van der Waals surface area (Å²) in [6, 6.07) is 19.6. The minimum atomic E-state index is -0.498. The third-order valence-electron chi connectivity index (χ3n) is 4.83. The first-order valence-electron chi connectivity index (χ1n) is 9.36. The second-order valence-electron chi connectivity index (χ2n) is 6.84. The number of rotatable bonds is 4. The second kappa shape index (κ2) is 8.97. The molecular weight excluding hydrogens is 541 g/mol. The number of non-ortho nitro benzene ring substituents is 1. The molecule has 0 aromatic heterocycles. The number of hydrogen-bond acceptors (Lipinski definition) is 5. The van der Waals surface area contributed by atoms with Crippen LogP contribution in [0.25, 0.3) is 5.57 Å². The van der Waals surface area contributed by atoms with Crippen LogP contribution in [0.15, 0.2) is 78.5 Å². The van der Waals surface area contributed by atoms with Crippen molar-refractivity contribution in [1.29, 1.82) is 0 Å². The fraction of sp³-hybridized carbons (Fsp3) is 0. The number of nitrogens with one attached hydrogen (secondary N) is 2. The first-order valence-corrected chi connectivity index (χ1v) is 10.8. The molecule has 0 saturated heterocycles. The van der Waals surface area contributed by atoms with Crippen molar-refractivity contribution in [2.45, 2.75) is 0 Å². The first kappa shape index (κ1) is 21.8. The molecule has 3 aromatic rings. The van der Waals surface area contributed by atoms with E-state index in [1.807, 2.05) is 12.1 Å². The van der Waals surface area contributed by atoms with E-state index in [1.165, 1.54) is 24.3 Å². The van der Waals surface area contributed by atoms with Crippen LogP contribution in [0, 0.1) is 13.7 Å². The molecule has 1 aliphatic rings. The van der Waals surface area contributed by atoms with E-state index >= 15 is 0 Å². The SMILES string of the molecule is O=C1C(NC(=S)Nc2ccc([N+](=O)[O-])cc2)=C(c2ccc(I)cc2)C(=O)c2ccccc21. The van der Waals surface area contributed by atoms with Crippen LogP contribution in [-0.4, -0.2) is 21.6 Å². The van der Waals surface area contributed by atoms with Crippen molar-refractivity contribution >= 4 is 68.4 Å². The molecule has 0 amide bonds. The van der Waals surface area contributed by atoms with Crippen molar-refractivity contribution < 1.29 is 14.5 Å². The summed E-state index contributed by atoms with van der Waals surface area (Å²) in [5, 5.41) is 16.7.